The molecule has 3 aliphatic heterocycles. The quantitative estimate of drug-likeness (QED) is 0.0996. The average Bonchev–Trinajstić information content (AvgIpc) is 3.11. The smallest absolute Gasteiger partial charge is 0.187 e. The maximum Gasteiger partial charge on any atom is 0.187 e. The summed E-state index contributed by atoms with van der Waals surface area (Å²) in [6.07, 6.45) is -14.7. The summed E-state index contributed by atoms with van der Waals surface area (Å²) in [7, 11) is 0. The highest BCUT2D eigenvalue weighted by Gasteiger charge is 2.59. The normalized spacial score (nSPS) is 50.2. The van der Waals surface area contributed by atoms with E-state index in [2.05, 4.69) is 33.9 Å². The fourth-order valence-electron chi connectivity index (χ4n) is 9.70. The van der Waals surface area contributed by atoms with E-state index in [0.29, 0.717) is 19.3 Å². The molecule has 0 spiro atoms. The number of fused-ring (bicyclic) bond motifs is 1. The van der Waals surface area contributed by atoms with Gasteiger partial charge in [-0.25, -0.2) is 0 Å². The molecule has 5 aliphatic rings. The largest absolute Gasteiger partial charge is 0.394 e. The van der Waals surface area contributed by atoms with Crippen molar-refractivity contribution in [3.63, 3.8) is 0 Å². The van der Waals surface area contributed by atoms with Gasteiger partial charge in [-0.3, -0.25) is 0 Å². The lowest BCUT2D eigenvalue weighted by molar-refractivity contribution is -0.375. The Morgan fingerprint density at radius 2 is 1.36 bits per heavy atom. The third kappa shape index (κ3) is 8.18. The van der Waals surface area contributed by atoms with Gasteiger partial charge >= 0.3 is 0 Å². The SMILES string of the molecule is C=CC(C)(CCC1C(=C)CCC2C(C)(C)C(OC3OC(CO)C(O)C(O)C3OC3OC(C)C(O)C(O)C3O)CCC12C)OC1OC(C)C(O)C(O)C1O. The van der Waals surface area contributed by atoms with Crippen LogP contribution in [0.15, 0.2) is 24.8 Å². The molecule has 9 N–H and O–H groups in total. The van der Waals surface area contributed by atoms with Crippen molar-refractivity contribution >= 4 is 0 Å². The molecule has 0 aromatic heterocycles. The Morgan fingerprint density at radius 1 is 0.774 bits per heavy atom. The molecule has 3 heterocycles. The van der Waals surface area contributed by atoms with Crippen LogP contribution in [-0.2, 0) is 28.4 Å². The van der Waals surface area contributed by atoms with Crippen molar-refractivity contribution in [1.29, 1.82) is 0 Å². The first-order chi connectivity index (χ1) is 24.7. The summed E-state index contributed by atoms with van der Waals surface area (Å²) in [5.74, 6) is 0.216. The molecule has 0 aromatic rings. The standard InChI is InChI=1S/C38H64O15/c1-9-37(7,53-34-31(47)28(44)25(41)19(4)49-34)14-12-20-17(2)10-11-22-36(5,6)23(13-15-38(20,22)8)51-35-32(29(45)26(42)21(16-39)50-35)52-33-30(46)27(43)24(40)18(3)48-33/h9,18-35,39-47H,1-2,10-16H2,3-8H3. The second-order valence-corrected chi connectivity index (χ2v) is 17.1. The van der Waals surface area contributed by atoms with Crippen LogP contribution in [0.25, 0.3) is 0 Å². The number of aliphatic hydroxyl groups excluding tert-OH is 9. The zero-order valence-corrected chi connectivity index (χ0v) is 31.8. The van der Waals surface area contributed by atoms with Gasteiger partial charge in [0.25, 0.3) is 0 Å². The van der Waals surface area contributed by atoms with Crippen molar-refractivity contribution in [1.82, 2.24) is 0 Å². The lowest BCUT2D eigenvalue weighted by Crippen LogP contribution is -2.65. The molecule has 3 saturated heterocycles. The first-order valence-electron chi connectivity index (χ1n) is 19.0. The lowest BCUT2D eigenvalue weighted by atomic mass is 9.46. The van der Waals surface area contributed by atoms with E-state index in [1.54, 1.807) is 13.0 Å². The van der Waals surface area contributed by atoms with Crippen molar-refractivity contribution in [3.05, 3.63) is 24.8 Å². The van der Waals surface area contributed by atoms with Crippen LogP contribution in [-0.4, -0.2) is 156 Å². The summed E-state index contributed by atoms with van der Waals surface area (Å²) in [4.78, 5) is 0. The average molecular weight is 761 g/mol. The van der Waals surface area contributed by atoms with Crippen LogP contribution in [0.2, 0.25) is 0 Å². The topological polar surface area (TPSA) is 237 Å². The van der Waals surface area contributed by atoms with Crippen LogP contribution in [0.4, 0.5) is 0 Å². The van der Waals surface area contributed by atoms with Crippen molar-refractivity contribution in [2.75, 3.05) is 6.61 Å². The minimum absolute atomic E-state index is 0.0827. The van der Waals surface area contributed by atoms with E-state index in [0.717, 1.165) is 24.8 Å². The van der Waals surface area contributed by atoms with E-state index in [1.165, 1.54) is 6.92 Å². The van der Waals surface area contributed by atoms with Crippen LogP contribution >= 0.6 is 0 Å². The van der Waals surface area contributed by atoms with Crippen molar-refractivity contribution < 1.29 is 74.4 Å². The summed E-state index contributed by atoms with van der Waals surface area (Å²) in [6, 6.07) is 0. The molecule has 5 rings (SSSR count). The van der Waals surface area contributed by atoms with Gasteiger partial charge in [0.15, 0.2) is 18.9 Å². The molecule has 0 aromatic carbocycles. The molecule has 0 bridgehead atoms. The van der Waals surface area contributed by atoms with Gasteiger partial charge in [-0.05, 0) is 82.0 Å². The van der Waals surface area contributed by atoms with Crippen molar-refractivity contribution in [2.45, 2.75) is 184 Å². The third-order valence-electron chi connectivity index (χ3n) is 13.3. The van der Waals surface area contributed by atoms with Gasteiger partial charge < -0.3 is 74.4 Å². The number of allylic oxidation sites excluding steroid dienone is 1. The zero-order chi connectivity index (χ0) is 39.4. The first kappa shape index (κ1) is 43.0. The highest BCUT2D eigenvalue weighted by molar-refractivity contribution is 5.18. The predicted octanol–water partition coefficient (Wildman–Crippen LogP) is 0.00100. The Balaban J connectivity index is 1.31. The Kier molecular flexibility index (Phi) is 13.3. The molecule has 15 nitrogen and oxygen atoms in total. The Morgan fingerprint density at radius 3 is 1.94 bits per heavy atom. The predicted molar refractivity (Wildman–Crippen MR) is 188 cm³/mol. The van der Waals surface area contributed by atoms with Gasteiger partial charge in [-0.2, -0.15) is 0 Å². The Labute approximate surface area is 312 Å². The second-order valence-electron chi connectivity index (χ2n) is 17.1. The van der Waals surface area contributed by atoms with Crippen LogP contribution in [0, 0.1) is 22.7 Å². The molecule has 15 heteroatoms. The maximum atomic E-state index is 11.2. The summed E-state index contributed by atoms with van der Waals surface area (Å²) in [5.41, 5.74) is -0.477. The molecule has 20 atom stereocenters. The fourth-order valence-corrected chi connectivity index (χ4v) is 9.70. The molecule has 2 aliphatic carbocycles. The van der Waals surface area contributed by atoms with Gasteiger partial charge in [0.1, 0.15) is 61.0 Å². The number of rotatable bonds is 11. The zero-order valence-electron chi connectivity index (χ0n) is 31.8. The minimum Gasteiger partial charge on any atom is -0.394 e. The lowest BCUT2D eigenvalue weighted by Gasteiger charge is -2.61. The molecule has 0 amide bonds. The molecule has 0 radical (unpaired) electrons. The second kappa shape index (κ2) is 16.4. The molecule has 5 fully saturated rings. The Hall–Kier alpha value is -1.12. The Bertz CT molecular complexity index is 1270. The van der Waals surface area contributed by atoms with Crippen LogP contribution < -0.4 is 0 Å². The van der Waals surface area contributed by atoms with E-state index in [4.69, 9.17) is 28.4 Å². The van der Waals surface area contributed by atoms with E-state index in [9.17, 15) is 46.0 Å². The van der Waals surface area contributed by atoms with Crippen LogP contribution in [0.3, 0.4) is 0 Å². The third-order valence-corrected chi connectivity index (χ3v) is 13.3. The fraction of sp³-hybridized carbons (Fsp3) is 0.895. The molecular weight excluding hydrogens is 696 g/mol. The van der Waals surface area contributed by atoms with Crippen LogP contribution in [0.1, 0.15) is 80.1 Å². The summed E-state index contributed by atoms with van der Waals surface area (Å²) >= 11 is 0. The number of hydrogen-bond donors (Lipinski definition) is 9. The van der Waals surface area contributed by atoms with E-state index in [-0.39, 0.29) is 17.3 Å². The molecule has 2 saturated carbocycles. The van der Waals surface area contributed by atoms with Crippen molar-refractivity contribution in [3.8, 4) is 0 Å². The molecule has 53 heavy (non-hydrogen) atoms. The highest BCUT2D eigenvalue weighted by Crippen LogP contribution is 2.63. The minimum atomic E-state index is -1.67. The van der Waals surface area contributed by atoms with Gasteiger partial charge in [-0.15, -0.1) is 6.58 Å². The van der Waals surface area contributed by atoms with Crippen molar-refractivity contribution in [2.24, 2.45) is 22.7 Å². The first-order valence-corrected chi connectivity index (χ1v) is 19.0. The highest BCUT2D eigenvalue weighted by atomic mass is 16.8. The van der Waals surface area contributed by atoms with Crippen LogP contribution in [0.5, 0.6) is 0 Å². The number of hydrogen-bond acceptors (Lipinski definition) is 15. The number of aliphatic hydroxyl groups is 9. The summed E-state index contributed by atoms with van der Waals surface area (Å²) in [6.45, 7) is 19.4. The molecule has 306 valence electrons. The monoisotopic (exact) mass is 760 g/mol. The molecule has 20 unspecified atom stereocenters. The summed E-state index contributed by atoms with van der Waals surface area (Å²) < 4.78 is 36.2. The van der Waals surface area contributed by atoms with E-state index in [1.807, 2.05) is 6.92 Å². The van der Waals surface area contributed by atoms with E-state index >= 15 is 0 Å². The van der Waals surface area contributed by atoms with Gasteiger partial charge in [0, 0.05) is 0 Å². The summed E-state index contributed by atoms with van der Waals surface area (Å²) in [5, 5.41) is 94.2. The van der Waals surface area contributed by atoms with Gasteiger partial charge in [0.05, 0.1) is 30.5 Å². The molecular formula is C38H64O15. The maximum absolute atomic E-state index is 11.2. The van der Waals surface area contributed by atoms with E-state index < -0.39 is 116 Å². The van der Waals surface area contributed by atoms with Gasteiger partial charge in [-0.1, -0.05) is 39.0 Å². The number of ether oxygens (including phenoxy) is 6. The van der Waals surface area contributed by atoms with Gasteiger partial charge in [0.2, 0.25) is 0 Å².